The van der Waals surface area contributed by atoms with Gasteiger partial charge in [-0.1, -0.05) is 17.7 Å². The van der Waals surface area contributed by atoms with Crippen molar-refractivity contribution in [3.05, 3.63) is 87.2 Å². The van der Waals surface area contributed by atoms with Crippen LogP contribution in [0.1, 0.15) is 27.0 Å². The third-order valence-electron chi connectivity index (χ3n) is 5.85. The second-order valence-corrected chi connectivity index (χ2v) is 8.07. The molecule has 2 aromatic carbocycles. The number of nitrogens with zero attached hydrogens (tertiary/aromatic N) is 4. The zero-order valence-corrected chi connectivity index (χ0v) is 18.0. The lowest BCUT2D eigenvalue weighted by molar-refractivity contribution is -0.384. The number of carbonyl (C=O) groups excluding carboxylic acids is 1. The first-order valence-corrected chi connectivity index (χ1v) is 10.4. The molecule has 7 heteroatoms. The number of hydrogen-bond acceptors (Lipinski definition) is 4. The van der Waals surface area contributed by atoms with Crippen LogP contribution in [0.5, 0.6) is 0 Å². The van der Waals surface area contributed by atoms with Gasteiger partial charge in [0.15, 0.2) is 0 Å². The molecule has 1 aliphatic rings. The minimum atomic E-state index is -0.375. The van der Waals surface area contributed by atoms with Gasteiger partial charge in [0.05, 0.1) is 16.3 Å². The Bertz CT molecular complexity index is 1110. The molecule has 0 atom stereocenters. The van der Waals surface area contributed by atoms with Gasteiger partial charge in [0, 0.05) is 56.3 Å². The molecular weight excluding hydrogens is 392 g/mol. The Morgan fingerprint density at radius 1 is 0.903 bits per heavy atom. The normalized spacial score (nSPS) is 14.0. The fourth-order valence-electron chi connectivity index (χ4n) is 4.42. The van der Waals surface area contributed by atoms with Crippen molar-refractivity contribution in [2.75, 3.05) is 31.1 Å². The molecule has 0 aliphatic carbocycles. The van der Waals surface area contributed by atoms with Gasteiger partial charge in [-0.3, -0.25) is 14.9 Å². The molecule has 160 valence electrons. The van der Waals surface area contributed by atoms with E-state index in [9.17, 15) is 14.9 Å². The van der Waals surface area contributed by atoms with Crippen molar-refractivity contribution in [1.29, 1.82) is 0 Å². The summed E-state index contributed by atoms with van der Waals surface area (Å²) >= 11 is 0. The van der Waals surface area contributed by atoms with Gasteiger partial charge in [-0.25, -0.2) is 0 Å². The summed E-state index contributed by atoms with van der Waals surface area (Å²) in [7, 11) is 0. The van der Waals surface area contributed by atoms with Crippen molar-refractivity contribution in [2.45, 2.75) is 20.8 Å². The van der Waals surface area contributed by atoms with E-state index >= 15 is 0 Å². The molecule has 0 spiro atoms. The Morgan fingerprint density at radius 2 is 1.52 bits per heavy atom. The van der Waals surface area contributed by atoms with Crippen LogP contribution >= 0.6 is 0 Å². The van der Waals surface area contributed by atoms with Crippen molar-refractivity contribution in [1.82, 2.24) is 9.47 Å². The predicted molar refractivity (Wildman–Crippen MR) is 121 cm³/mol. The Hall–Kier alpha value is -3.61. The van der Waals surface area contributed by atoms with E-state index in [1.165, 1.54) is 0 Å². The third-order valence-corrected chi connectivity index (χ3v) is 5.85. The Morgan fingerprint density at radius 3 is 2.10 bits per heavy atom. The number of nitro groups is 1. The van der Waals surface area contributed by atoms with Gasteiger partial charge in [0.2, 0.25) is 0 Å². The average Bonchev–Trinajstić information content (AvgIpc) is 3.27. The largest absolute Gasteiger partial charge is 0.366 e. The van der Waals surface area contributed by atoms with Crippen LogP contribution in [0.25, 0.3) is 5.69 Å². The highest BCUT2D eigenvalue weighted by Gasteiger charge is 2.26. The standard InChI is InChI=1S/C24H26N4O3/c1-17-14-18(2)23(19(3)15-17)24(29)27-12-10-26(11-13-27)21-7-6-20(28(30)31)16-22(21)25-8-4-5-9-25/h4-9,14-16H,10-13H2,1-3H3. The molecule has 1 saturated heterocycles. The summed E-state index contributed by atoms with van der Waals surface area (Å²) in [6.45, 7) is 8.57. The lowest BCUT2D eigenvalue weighted by atomic mass is 9.98. The van der Waals surface area contributed by atoms with Gasteiger partial charge in [-0.2, -0.15) is 0 Å². The highest BCUT2D eigenvalue weighted by atomic mass is 16.6. The van der Waals surface area contributed by atoms with E-state index in [1.807, 2.05) is 54.8 Å². The van der Waals surface area contributed by atoms with Gasteiger partial charge in [-0.15, -0.1) is 0 Å². The molecule has 1 aliphatic heterocycles. The number of carbonyl (C=O) groups is 1. The summed E-state index contributed by atoms with van der Waals surface area (Å²) in [6.07, 6.45) is 3.76. The van der Waals surface area contributed by atoms with Crippen LogP contribution in [0.2, 0.25) is 0 Å². The van der Waals surface area contributed by atoms with Crippen LogP contribution in [0.15, 0.2) is 54.9 Å². The number of aryl methyl sites for hydroxylation is 3. The molecule has 0 N–H and O–H groups in total. The molecular formula is C24H26N4O3. The van der Waals surface area contributed by atoms with Crippen molar-refractivity contribution < 1.29 is 9.72 Å². The quantitative estimate of drug-likeness (QED) is 0.469. The molecule has 0 radical (unpaired) electrons. The first-order chi connectivity index (χ1) is 14.8. The highest BCUT2D eigenvalue weighted by molar-refractivity contribution is 5.97. The number of amides is 1. The van der Waals surface area contributed by atoms with Gasteiger partial charge >= 0.3 is 0 Å². The summed E-state index contributed by atoms with van der Waals surface area (Å²) in [5, 5.41) is 11.3. The van der Waals surface area contributed by atoms with E-state index < -0.39 is 0 Å². The molecule has 0 unspecified atom stereocenters. The number of aromatic nitrogens is 1. The van der Waals surface area contributed by atoms with Crippen molar-refractivity contribution in [3.8, 4) is 5.69 Å². The van der Waals surface area contributed by atoms with Gasteiger partial charge in [0.1, 0.15) is 0 Å². The number of rotatable bonds is 4. The van der Waals surface area contributed by atoms with Crippen LogP contribution in [0, 0.1) is 30.9 Å². The number of piperazine rings is 1. The van der Waals surface area contributed by atoms with E-state index in [2.05, 4.69) is 17.0 Å². The van der Waals surface area contributed by atoms with Crippen molar-refractivity contribution in [3.63, 3.8) is 0 Å². The third kappa shape index (κ3) is 4.03. The van der Waals surface area contributed by atoms with Gasteiger partial charge in [0.25, 0.3) is 11.6 Å². The van der Waals surface area contributed by atoms with Crippen molar-refractivity contribution >= 4 is 17.3 Å². The Kier molecular flexibility index (Phi) is 5.50. The number of benzene rings is 2. The number of nitro benzene ring substituents is 1. The molecule has 0 bridgehead atoms. The molecule has 1 amide bonds. The van der Waals surface area contributed by atoms with Crippen LogP contribution in [0.4, 0.5) is 11.4 Å². The average molecular weight is 418 g/mol. The lowest BCUT2D eigenvalue weighted by Gasteiger charge is -2.37. The predicted octanol–water partition coefficient (Wildman–Crippen LogP) is 4.27. The molecule has 7 nitrogen and oxygen atoms in total. The lowest BCUT2D eigenvalue weighted by Crippen LogP contribution is -2.49. The second-order valence-electron chi connectivity index (χ2n) is 8.07. The molecule has 1 aromatic heterocycles. The molecule has 4 rings (SSSR count). The van der Waals surface area contributed by atoms with Crippen LogP contribution < -0.4 is 4.90 Å². The minimum Gasteiger partial charge on any atom is -0.366 e. The maximum absolute atomic E-state index is 13.2. The van der Waals surface area contributed by atoms with Crippen LogP contribution in [-0.2, 0) is 0 Å². The minimum absolute atomic E-state index is 0.0617. The van der Waals surface area contributed by atoms with E-state index in [-0.39, 0.29) is 16.5 Å². The van der Waals surface area contributed by atoms with Crippen LogP contribution in [-0.4, -0.2) is 46.5 Å². The van der Waals surface area contributed by atoms with E-state index in [1.54, 1.807) is 18.2 Å². The van der Waals surface area contributed by atoms with E-state index in [0.717, 1.165) is 33.6 Å². The smallest absolute Gasteiger partial charge is 0.271 e. The zero-order valence-electron chi connectivity index (χ0n) is 18.0. The summed E-state index contributed by atoms with van der Waals surface area (Å²) in [4.78, 5) is 28.2. The Balaban J connectivity index is 1.56. The Labute approximate surface area is 181 Å². The molecule has 1 fully saturated rings. The molecule has 31 heavy (non-hydrogen) atoms. The summed E-state index contributed by atoms with van der Waals surface area (Å²) in [6, 6.07) is 12.8. The van der Waals surface area contributed by atoms with Gasteiger partial charge < -0.3 is 14.4 Å². The molecule has 3 aromatic rings. The van der Waals surface area contributed by atoms with E-state index in [0.29, 0.717) is 26.2 Å². The zero-order chi connectivity index (χ0) is 22.1. The maximum atomic E-state index is 13.2. The van der Waals surface area contributed by atoms with Gasteiger partial charge in [-0.05, 0) is 50.1 Å². The fraction of sp³-hybridized carbons (Fsp3) is 0.292. The number of anilines is 1. The molecule has 2 heterocycles. The van der Waals surface area contributed by atoms with Crippen LogP contribution in [0.3, 0.4) is 0 Å². The topological polar surface area (TPSA) is 71.6 Å². The summed E-state index contributed by atoms with van der Waals surface area (Å²) < 4.78 is 1.89. The number of non-ortho nitro benzene ring substituents is 1. The first kappa shape index (κ1) is 20.7. The first-order valence-electron chi connectivity index (χ1n) is 10.4. The van der Waals surface area contributed by atoms with Crippen molar-refractivity contribution in [2.24, 2.45) is 0 Å². The number of hydrogen-bond donors (Lipinski definition) is 0. The fourth-order valence-corrected chi connectivity index (χ4v) is 4.42. The summed E-state index contributed by atoms with van der Waals surface area (Å²) in [5.74, 6) is 0.0731. The SMILES string of the molecule is Cc1cc(C)c(C(=O)N2CCN(c3ccc([N+](=O)[O-])cc3-n3cccc3)CC2)c(C)c1. The second kappa shape index (κ2) is 8.26. The monoisotopic (exact) mass is 418 g/mol. The molecule has 0 saturated carbocycles. The highest BCUT2D eigenvalue weighted by Crippen LogP contribution is 2.30. The summed E-state index contributed by atoms with van der Waals surface area (Å²) in [5.41, 5.74) is 5.73. The van der Waals surface area contributed by atoms with E-state index in [4.69, 9.17) is 0 Å². The maximum Gasteiger partial charge on any atom is 0.271 e.